The second kappa shape index (κ2) is 9.69. The molecule has 1 amide bonds. The average Bonchev–Trinajstić information content (AvgIpc) is 3.24. The molecule has 0 unspecified atom stereocenters. The highest BCUT2D eigenvalue weighted by molar-refractivity contribution is 7.13. The summed E-state index contributed by atoms with van der Waals surface area (Å²) in [6.07, 6.45) is 2.76. The molecule has 3 aromatic rings. The molecule has 152 valence electrons. The maximum atomic E-state index is 13.3. The Hall–Kier alpha value is -1.67. The summed E-state index contributed by atoms with van der Waals surface area (Å²) in [5.74, 6) is 0.0715. The minimum absolute atomic E-state index is 0. The first kappa shape index (κ1) is 22.6. The summed E-state index contributed by atoms with van der Waals surface area (Å²) in [6.45, 7) is 7.46. The van der Waals surface area contributed by atoms with Gasteiger partial charge in [-0.25, -0.2) is 9.67 Å². The number of pyridine rings is 1. The molecule has 0 radical (unpaired) electrons. The quantitative estimate of drug-likeness (QED) is 0.666. The van der Waals surface area contributed by atoms with Gasteiger partial charge in [-0.3, -0.25) is 4.79 Å². The molecule has 9 heteroatoms. The Labute approximate surface area is 181 Å². The third kappa shape index (κ3) is 4.33. The van der Waals surface area contributed by atoms with Crippen LogP contribution in [0.25, 0.3) is 21.6 Å². The van der Waals surface area contributed by atoms with Crippen LogP contribution in [-0.4, -0.2) is 51.8 Å². The number of halogens is 2. The van der Waals surface area contributed by atoms with E-state index in [2.05, 4.69) is 24.3 Å². The Kier molecular flexibility index (Phi) is 7.83. The van der Waals surface area contributed by atoms with Gasteiger partial charge in [0.1, 0.15) is 0 Å². The van der Waals surface area contributed by atoms with Crippen LogP contribution in [0.5, 0.6) is 0 Å². The zero-order chi connectivity index (χ0) is 18.1. The molecule has 4 heterocycles. The summed E-state index contributed by atoms with van der Waals surface area (Å²) in [4.78, 5) is 21.1. The third-order valence-electron chi connectivity index (χ3n) is 4.69. The van der Waals surface area contributed by atoms with Crippen molar-refractivity contribution in [1.29, 1.82) is 0 Å². The molecule has 6 nitrogen and oxygen atoms in total. The lowest BCUT2D eigenvalue weighted by Gasteiger charge is -2.20. The first-order valence-electron chi connectivity index (χ1n) is 9.07. The maximum Gasteiger partial charge on any atom is 0.254 e. The molecule has 1 saturated heterocycles. The van der Waals surface area contributed by atoms with Crippen LogP contribution in [0.1, 0.15) is 36.7 Å². The number of carbonyl (C=O) groups is 1. The second-order valence-corrected chi connectivity index (χ2v) is 7.80. The zero-order valence-corrected chi connectivity index (χ0v) is 18.4. The first-order chi connectivity index (χ1) is 12.6. The third-order valence-corrected chi connectivity index (χ3v) is 5.58. The number of fused-ring (bicyclic) bond motifs is 1. The molecule has 28 heavy (non-hydrogen) atoms. The Bertz CT molecular complexity index is 918. The van der Waals surface area contributed by atoms with Crippen molar-refractivity contribution in [3.8, 4) is 10.6 Å². The van der Waals surface area contributed by atoms with E-state index in [-0.39, 0.29) is 36.8 Å². The Balaban J connectivity index is 0.00000140. The van der Waals surface area contributed by atoms with E-state index < -0.39 is 0 Å². The van der Waals surface area contributed by atoms with Crippen LogP contribution >= 0.6 is 36.2 Å². The van der Waals surface area contributed by atoms with E-state index >= 15 is 0 Å². The van der Waals surface area contributed by atoms with Crippen LogP contribution in [0.4, 0.5) is 0 Å². The minimum Gasteiger partial charge on any atom is -0.337 e. The van der Waals surface area contributed by atoms with Gasteiger partial charge in [0.2, 0.25) is 0 Å². The molecule has 0 saturated carbocycles. The van der Waals surface area contributed by atoms with Crippen LogP contribution in [0.15, 0.2) is 29.8 Å². The standard InChI is InChI=1S/C19H23N5OS.2ClH/c1-13(2)24-18-15(12-21-24)14(11-16(22-18)17-5-3-10-26-17)19(25)23-8-4-6-20-7-9-23;;/h3,5,10-13,20H,4,6-9H2,1-2H3;2*1H. The van der Waals surface area contributed by atoms with Gasteiger partial charge in [0, 0.05) is 25.7 Å². The number of rotatable bonds is 3. The van der Waals surface area contributed by atoms with Gasteiger partial charge in [-0.15, -0.1) is 36.2 Å². The topological polar surface area (TPSA) is 63.1 Å². The van der Waals surface area contributed by atoms with Gasteiger partial charge >= 0.3 is 0 Å². The Morgan fingerprint density at radius 2 is 2.07 bits per heavy atom. The number of thiophene rings is 1. The van der Waals surface area contributed by atoms with Crippen molar-refractivity contribution in [2.75, 3.05) is 26.2 Å². The smallest absolute Gasteiger partial charge is 0.254 e. The fourth-order valence-electron chi connectivity index (χ4n) is 3.34. The second-order valence-electron chi connectivity index (χ2n) is 6.85. The molecule has 1 N–H and O–H groups in total. The summed E-state index contributed by atoms with van der Waals surface area (Å²) in [5, 5.41) is 10.7. The summed E-state index contributed by atoms with van der Waals surface area (Å²) < 4.78 is 1.90. The Morgan fingerprint density at radius 1 is 1.25 bits per heavy atom. The van der Waals surface area contributed by atoms with Crippen LogP contribution in [0.2, 0.25) is 0 Å². The summed E-state index contributed by atoms with van der Waals surface area (Å²) in [5.41, 5.74) is 2.32. The summed E-state index contributed by atoms with van der Waals surface area (Å²) in [7, 11) is 0. The predicted molar refractivity (Wildman–Crippen MR) is 119 cm³/mol. The lowest BCUT2D eigenvalue weighted by Crippen LogP contribution is -2.34. The minimum atomic E-state index is 0. The predicted octanol–water partition coefficient (Wildman–Crippen LogP) is 4.02. The van der Waals surface area contributed by atoms with Crippen molar-refractivity contribution in [3.05, 3.63) is 35.3 Å². The van der Waals surface area contributed by atoms with E-state index in [4.69, 9.17) is 4.98 Å². The fourth-order valence-corrected chi connectivity index (χ4v) is 4.03. The number of hydrogen-bond donors (Lipinski definition) is 1. The van der Waals surface area contributed by atoms with Crippen LogP contribution < -0.4 is 5.32 Å². The molecule has 1 aliphatic rings. The van der Waals surface area contributed by atoms with Crippen molar-refractivity contribution in [2.45, 2.75) is 26.3 Å². The van der Waals surface area contributed by atoms with Crippen LogP contribution in [0, 0.1) is 0 Å². The van der Waals surface area contributed by atoms with Gasteiger partial charge in [0.15, 0.2) is 5.65 Å². The number of carbonyl (C=O) groups excluding carboxylic acids is 1. The maximum absolute atomic E-state index is 13.3. The molecule has 0 spiro atoms. The van der Waals surface area contributed by atoms with E-state index in [9.17, 15) is 4.79 Å². The van der Waals surface area contributed by atoms with Crippen LogP contribution in [0.3, 0.4) is 0 Å². The van der Waals surface area contributed by atoms with Crippen LogP contribution in [-0.2, 0) is 0 Å². The largest absolute Gasteiger partial charge is 0.337 e. The zero-order valence-electron chi connectivity index (χ0n) is 15.9. The highest BCUT2D eigenvalue weighted by atomic mass is 35.5. The monoisotopic (exact) mass is 441 g/mol. The van der Waals surface area contributed by atoms with Crippen molar-refractivity contribution in [2.24, 2.45) is 0 Å². The number of hydrogen-bond acceptors (Lipinski definition) is 5. The molecule has 4 rings (SSSR count). The molecular weight excluding hydrogens is 417 g/mol. The molecular formula is C19H25Cl2N5OS. The normalized spacial score (nSPS) is 14.5. The fraction of sp³-hybridized carbons (Fsp3) is 0.421. The molecule has 1 fully saturated rings. The lowest BCUT2D eigenvalue weighted by molar-refractivity contribution is 0.0768. The number of nitrogens with one attached hydrogen (secondary N) is 1. The number of amides is 1. The van der Waals surface area contributed by atoms with E-state index in [1.165, 1.54) is 0 Å². The van der Waals surface area contributed by atoms with Gasteiger partial charge in [-0.2, -0.15) is 5.10 Å². The van der Waals surface area contributed by atoms with E-state index in [1.807, 2.05) is 33.2 Å². The average molecular weight is 442 g/mol. The van der Waals surface area contributed by atoms with Crippen molar-refractivity contribution in [3.63, 3.8) is 0 Å². The van der Waals surface area contributed by atoms with Crippen molar-refractivity contribution >= 4 is 53.1 Å². The van der Waals surface area contributed by atoms with E-state index in [1.54, 1.807) is 17.5 Å². The number of nitrogens with zero attached hydrogens (tertiary/aromatic N) is 4. The molecule has 0 aromatic carbocycles. The molecule has 1 aliphatic heterocycles. The Morgan fingerprint density at radius 3 is 2.79 bits per heavy atom. The summed E-state index contributed by atoms with van der Waals surface area (Å²) in [6, 6.07) is 6.16. The van der Waals surface area contributed by atoms with E-state index in [0.717, 1.165) is 54.2 Å². The van der Waals surface area contributed by atoms with Gasteiger partial charge in [0.25, 0.3) is 5.91 Å². The van der Waals surface area contributed by atoms with E-state index in [0.29, 0.717) is 5.56 Å². The first-order valence-corrected chi connectivity index (χ1v) is 9.95. The summed E-state index contributed by atoms with van der Waals surface area (Å²) >= 11 is 1.63. The van der Waals surface area contributed by atoms with Gasteiger partial charge in [-0.1, -0.05) is 6.07 Å². The molecule has 0 bridgehead atoms. The van der Waals surface area contributed by atoms with Gasteiger partial charge in [0.05, 0.1) is 27.7 Å². The lowest BCUT2D eigenvalue weighted by atomic mass is 10.1. The van der Waals surface area contributed by atoms with Gasteiger partial charge < -0.3 is 10.2 Å². The highest BCUT2D eigenvalue weighted by Gasteiger charge is 2.23. The highest BCUT2D eigenvalue weighted by Crippen LogP contribution is 2.29. The SMILES string of the molecule is CC(C)n1ncc2c(C(=O)N3CCCNCC3)cc(-c3cccs3)nc21.Cl.Cl. The number of aromatic nitrogens is 3. The van der Waals surface area contributed by atoms with Crippen molar-refractivity contribution < 1.29 is 4.79 Å². The molecule has 0 aliphatic carbocycles. The molecule has 0 atom stereocenters. The van der Waals surface area contributed by atoms with Crippen molar-refractivity contribution in [1.82, 2.24) is 25.0 Å². The molecule has 3 aromatic heterocycles. The van der Waals surface area contributed by atoms with Gasteiger partial charge in [-0.05, 0) is 44.3 Å².